The fourth-order valence-electron chi connectivity index (χ4n) is 2.13. The molecule has 0 aliphatic heterocycles. The number of pyridine rings is 1. The Morgan fingerprint density at radius 2 is 2.00 bits per heavy atom. The maximum Gasteiger partial charge on any atom is 0.253 e. The van der Waals surface area contributed by atoms with Gasteiger partial charge in [-0.25, -0.2) is 0 Å². The van der Waals surface area contributed by atoms with Gasteiger partial charge in [-0.2, -0.15) is 0 Å². The zero-order valence-electron chi connectivity index (χ0n) is 11.8. The topological polar surface area (TPSA) is 54.0 Å². The maximum atomic E-state index is 12.4. The van der Waals surface area contributed by atoms with Gasteiger partial charge < -0.3 is 10.6 Å². The number of carbonyl (C=O) groups is 1. The highest BCUT2D eigenvalue weighted by atomic mass is 16.1. The molecule has 1 aromatic carbocycles. The molecule has 0 radical (unpaired) electrons. The molecule has 0 bridgehead atoms. The molecule has 2 N–H and O–H groups in total. The number of amides is 1. The van der Waals surface area contributed by atoms with Gasteiger partial charge in [0.2, 0.25) is 0 Å². The summed E-state index contributed by atoms with van der Waals surface area (Å²) in [5, 5.41) is 6.05. The van der Waals surface area contributed by atoms with E-state index in [0.29, 0.717) is 5.56 Å². The number of nitrogens with one attached hydrogen (secondary N) is 2. The van der Waals surface area contributed by atoms with Crippen molar-refractivity contribution in [3.63, 3.8) is 0 Å². The third kappa shape index (κ3) is 3.15. The minimum Gasteiger partial charge on any atom is -0.386 e. The van der Waals surface area contributed by atoms with E-state index in [9.17, 15) is 4.79 Å². The molecule has 0 spiro atoms. The van der Waals surface area contributed by atoms with Gasteiger partial charge >= 0.3 is 0 Å². The van der Waals surface area contributed by atoms with Crippen molar-refractivity contribution in [1.82, 2.24) is 10.3 Å². The van der Waals surface area contributed by atoms with E-state index in [-0.39, 0.29) is 11.9 Å². The Labute approximate surface area is 119 Å². The second-order valence-electron chi connectivity index (χ2n) is 4.52. The van der Waals surface area contributed by atoms with Crippen LogP contribution < -0.4 is 10.6 Å². The predicted octanol–water partition coefficient (Wildman–Crippen LogP) is 3.00. The number of anilines is 1. The molecule has 0 saturated carbocycles. The normalized spacial score (nSPS) is 11.7. The summed E-state index contributed by atoms with van der Waals surface area (Å²) in [5.74, 6) is -0.0903. The van der Waals surface area contributed by atoms with Gasteiger partial charge in [-0.1, -0.05) is 37.3 Å². The van der Waals surface area contributed by atoms with Crippen molar-refractivity contribution in [2.24, 2.45) is 0 Å². The first kappa shape index (κ1) is 14.1. The van der Waals surface area contributed by atoms with Crippen LogP contribution in [-0.2, 0) is 0 Å². The van der Waals surface area contributed by atoms with Gasteiger partial charge in [0.1, 0.15) is 0 Å². The lowest BCUT2D eigenvalue weighted by Crippen LogP contribution is -2.28. The molecular weight excluding hydrogens is 250 g/mol. The second kappa shape index (κ2) is 6.70. The summed E-state index contributed by atoms with van der Waals surface area (Å²) < 4.78 is 0. The van der Waals surface area contributed by atoms with Crippen molar-refractivity contribution in [2.75, 3.05) is 12.4 Å². The summed E-state index contributed by atoms with van der Waals surface area (Å²) in [7, 11) is 1.78. The Bertz CT molecular complexity index is 569. The molecule has 0 aliphatic rings. The van der Waals surface area contributed by atoms with Crippen molar-refractivity contribution in [3.8, 4) is 0 Å². The van der Waals surface area contributed by atoms with Crippen LogP contribution >= 0.6 is 0 Å². The van der Waals surface area contributed by atoms with Gasteiger partial charge in [0.25, 0.3) is 5.91 Å². The van der Waals surface area contributed by atoms with Crippen molar-refractivity contribution in [2.45, 2.75) is 19.4 Å². The minimum atomic E-state index is -0.0903. The molecule has 104 valence electrons. The minimum absolute atomic E-state index is 0.0153. The zero-order chi connectivity index (χ0) is 14.4. The standard InChI is InChI=1S/C16H19N3O/c1-3-14(12-7-5-4-6-8-12)19-16(20)13-9-10-18-11-15(13)17-2/h4-11,14,17H,3H2,1-2H3,(H,19,20). The third-order valence-corrected chi connectivity index (χ3v) is 3.25. The average Bonchev–Trinajstić information content (AvgIpc) is 2.53. The highest BCUT2D eigenvalue weighted by Crippen LogP contribution is 2.18. The molecule has 0 aliphatic carbocycles. The summed E-state index contributed by atoms with van der Waals surface area (Å²) in [6.45, 7) is 2.06. The Hall–Kier alpha value is -2.36. The molecule has 4 heteroatoms. The lowest BCUT2D eigenvalue weighted by Gasteiger charge is -2.18. The Balaban J connectivity index is 2.18. The van der Waals surface area contributed by atoms with Crippen LogP contribution in [0.5, 0.6) is 0 Å². The molecule has 2 aromatic rings. The Morgan fingerprint density at radius 3 is 2.65 bits per heavy atom. The van der Waals surface area contributed by atoms with Crippen LogP contribution in [0.25, 0.3) is 0 Å². The van der Waals surface area contributed by atoms with Crippen LogP contribution in [0.3, 0.4) is 0 Å². The van der Waals surface area contributed by atoms with E-state index < -0.39 is 0 Å². The van der Waals surface area contributed by atoms with E-state index in [1.165, 1.54) is 0 Å². The van der Waals surface area contributed by atoms with E-state index in [4.69, 9.17) is 0 Å². The van der Waals surface area contributed by atoms with Crippen molar-refractivity contribution in [1.29, 1.82) is 0 Å². The molecule has 1 heterocycles. The molecule has 1 atom stereocenters. The molecule has 1 unspecified atom stereocenters. The monoisotopic (exact) mass is 269 g/mol. The van der Waals surface area contributed by atoms with Gasteiger partial charge in [0, 0.05) is 13.2 Å². The summed E-state index contributed by atoms with van der Waals surface area (Å²) >= 11 is 0. The quantitative estimate of drug-likeness (QED) is 0.877. The van der Waals surface area contributed by atoms with Crippen LogP contribution in [0, 0.1) is 0 Å². The van der Waals surface area contributed by atoms with Crippen molar-refractivity contribution >= 4 is 11.6 Å². The first-order valence-electron chi connectivity index (χ1n) is 6.73. The lowest BCUT2D eigenvalue weighted by atomic mass is 10.0. The van der Waals surface area contributed by atoms with Crippen molar-refractivity contribution < 1.29 is 4.79 Å². The van der Waals surface area contributed by atoms with E-state index >= 15 is 0 Å². The highest BCUT2D eigenvalue weighted by Gasteiger charge is 2.16. The van der Waals surface area contributed by atoms with Gasteiger partial charge in [-0.05, 0) is 18.1 Å². The van der Waals surface area contributed by atoms with Gasteiger partial charge in [-0.15, -0.1) is 0 Å². The number of hydrogen-bond donors (Lipinski definition) is 2. The molecule has 2 rings (SSSR count). The maximum absolute atomic E-state index is 12.4. The Morgan fingerprint density at radius 1 is 1.25 bits per heavy atom. The highest BCUT2D eigenvalue weighted by molar-refractivity contribution is 5.99. The largest absolute Gasteiger partial charge is 0.386 e. The number of rotatable bonds is 5. The molecule has 0 saturated heterocycles. The van der Waals surface area contributed by atoms with Crippen LogP contribution in [0.1, 0.15) is 35.3 Å². The molecule has 1 amide bonds. The van der Waals surface area contributed by atoms with Crippen LogP contribution in [0.4, 0.5) is 5.69 Å². The second-order valence-corrected chi connectivity index (χ2v) is 4.52. The molecule has 0 fully saturated rings. The van der Waals surface area contributed by atoms with Crippen molar-refractivity contribution in [3.05, 3.63) is 59.9 Å². The molecular formula is C16H19N3O. The molecule has 1 aromatic heterocycles. The van der Waals surface area contributed by atoms with Crippen LogP contribution in [0.2, 0.25) is 0 Å². The molecule has 4 nitrogen and oxygen atoms in total. The third-order valence-electron chi connectivity index (χ3n) is 3.25. The average molecular weight is 269 g/mol. The van der Waals surface area contributed by atoms with E-state index in [0.717, 1.165) is 17.7 Å². The van der Waals surface area contributed by atoms with E-state index in [1.807, 2.05) is 30.3 Å². The van der Waals surface area contributed by atoms with Gasteiger partial charge in [0.05, 0.1) is 23.5 Å². The van der Waals surface area contributed by atoms with Gasteiger partial charge in [0.15, 0.2) is 0 Å². The number of hydrogen-bond acceptors (Lipinski definition) is 3. The SMILES string of the molecule is CCC(NC(=O)c1ccncc1NC)c1ccccc1. The van der Waals surface area contributed by atoms with Gasteiger partial charge in [-0.3, -0.25) is 9.78 Å². The summed E-state index contributed by atoms with van der Waals surface area (Å²) in [6.07, 6.45) is 4.12. The lowest BCUT2D eigenvalue weighted by molar-refractivity contribution is 0.0936. The zero-order valence-corrected chi connectivity index (χ0v) is 11.8. The van der Waals surface area contributed by atoms with E-state index in [2.05, 4.69) is 22.5 Å². The number of aromatic nitrogens is 1. The van der Waals surface area contributed by atoms with Crippen LogP contribution in [0.15, 0.2) is 48.8 Å². The first-order valence-corrected chi connectivity index (χ1v) is 6.73. The van der Waals surface area contributed by atoms with E-state index in [1.54, 1.807) is 25.5 Å². The summed E-state index contributed by atoms with van der Waals surface area (Å²) in [5.41, 5.74) is 2.45. The predicted molar refractivity (Wildman–Crippen MR) is 80.7 cm³/mol. The smallest absolute Gasteiger partial charge is 0.253 e. The number of carbonyl (C=O) groups excluding carboxylic acids is 1. The Kier molecular flexibility index (Phi) is 4.71. The first-order chi connectivity index (χ1) is 9.76. The summed E-state index contributed by atoms with van der Waals surface area (Å²) in [4.78, 5) is 16.4. The van der Waals surface area contributed by atoms with Crippen LogP contribution in [-0.4, -0.2) is 17.9 Å². The number of benzene rings is 1. The fraction of sp³-hybridized carbons (Fsp3) is 0.250. The number of nitrogens with zero attached hydrogens (tertiary/aromatic N) is 1. The molecule has 20 heavy (non-hydrogen) atoms. The summed E-state index contributed by atoms with van der Waals surface area (Å²) in [6, 6.07) is 11.7. The fourth-order valence-corrected chi connectivity index (χ4v) is 2.13.